The lowest BCUT2D eigenvalue weighted by Crippen LogP contribution is -2.45. The number of rotatable bonds is 2. The van der Waals surface area contributed by atoms with Crippen molar-refractivity contribution >= 4 is 11.6 Å². The number of nitrogens with zero attached hydrogens (tertiary/aromatic N) is 1. The molecule has 1 fully saturated rings. The third-order valence-corrected chi connectivity index (χ3v) is 4.11. The van der Waals surface area contributed by atoms with E-state index in [-0.39, 0.29) is 17.9 Å². The predicted octanol–water partition coefficient (Wildman–Crippen LogP) is 0.948. The highest BCUT2D eigenvalue weighted by atomic mass is 16.5. The third-order valence-electron chi connectivity index (χ3n) is 4.11. The van der Waals surface area contributed by atoms with E-state index < -0.39 is 0 Å². The zero-order chi connectivity index (χ0) is 14.1. The molecule has 2 aliphatic rings. The quantitative estimate of drug-likeness (QED) is 0.873. The van der Waals surface area contributed by atoms with Crippen molar-refractivity contribution in [1.29, 1.82) is 0 Å². The lowest BCUT2D eigenvalue weighted by Gasteiger charge is -2.32. The molecular formula is C15H20N2O3. The molecule has 1 amide bonds. The zero-order valence-corrected chi connectivity index (χ0v) is 11.7. The van der Waals surface area contributed by atoms with E-state index in [4.69, 9.17) is 15.2 Å². The van der Waals surface area contributed by atoms with Crippen LogP contribution in [-0.4, -0.2) is 38.8 Å². The molecule has 2 unspecified atom stereocenters. The van der Waals surface area contributed by atoms with Gasteiger partial charge in [0.15, 0.2) is 0 Å². The first-order valence-corrected chi connectivity index (χ1v) is 7.02. The number of hydrogen-bond donors (Lipinski definition) is 1. The van der Waals surface area contributed by atoms with Gasteiger partial charge in [0.1, 0.15) is 5.75 Å². The fourth-order valence-electron chi connectivity index (χ4n) is 2.95. The minimum absolute atomic E-state index is 0.0844. The number of fused-ring (bicyclic) bond motifs is 1. The van der Waals surface area contributed by atoms with Crippen LogP contribution >= 0.6 is 0 Å². The fraction of sp³-hybridized carbons (Fsp3) is 0.533. The molecular weight excluding hydrogens is 256 g/mol. The van der Waals surface area contributed by atoms with E-state index in [9.17, 15) is 4.79 Å². The van der Waals surface area contributed by atoms with Crippen molar-refractivity contribution in [2.75, 3.05) is 31.8 Å². The summed E-state index contributed by atoms with van der Waals surface area (Å²) >= 11 is 0. The Morgan fingerprint density at radius 3 is 3.00 bits per heavy atom. The Balaban J connectivity index is 1.87. The molecule has 0 radical (unpaired) electrons. The molecule has 2 heterocycles. The van der Waals surface area contributed by atoms with Crippen LogP contribution in [0.1, 0.15) is 12.0 Å². The number of carbonyl (C=O) groups is 1. The van der Waals surface area contributed by atoms with Crippen molar-refractivity contribution in [3.8, 4) is 5.75 Å². The van der Waals surface area contributed by atoms with Gasteiger partial charge in [-0.25, -0.2) is 0 Å². The molecule has 1 aromatic carbocycles. The van der Waals surface area contributed by atoms with Crippen LogP contribution in [0.25, 0.3) is 0 Å². The first kappa shape index (κ1) is 13.4. The molecule has 5 heteroatoms. The first-order chi connectivity index (χ1) is 9.70. The summed E-state index contributed by atoms with van der Waals surface area (Å²) < 4.78 is 10.6. The van der Waals surface area contributed by atoms with Gasteiger partial charge in [0.25, 0.3) is 0 Å². The van der Waals surface area contributed by atoms with E-state index in [1.807, 2.05) is 23.1 Å². The third kappa shape index (κ3) is 2.27. The van der Waals surface area contributed by atoms with Crippen LogP contribution in [0, 0.1) is 5.92 Å². The van der Waals surface area contributed by atoms with Crippen LogP contribution in [0.5, 0.6) is 5.75 Å². The van der Waals surface area contributed by atoms with Gasteiger partial charge in [-0.2, -0.15) is 0 Å². The molecule has 108 valence electrons. The second-order valence-electron chi connectivity index (χ2n) is 5.40. The fourth-order valence-corrected chi connectivity index (χ4v) is 2.95. The molecule has 0 aromatic heterocycles. The van der Waals surface area contributed by atoms with Gasteiger partial charge >= 0.3 is 0 Å². The minimum atomic E-state index is -0.219. The second-order valence-corrected chi connectivity index (χ2v) is 5.40. The van der Waals surface area contributed by atoms with E-state index in [0.29, 0.717) is 13.2 Å². The van der Waals surface area contributed by atoms with Gasteiger partial charge in [-0.1, -0.05) is 0 Å². The monoisotopic (exact) mass is 276 g/mol. The predicted molar refractivity (Wildman–Crippen MR) is 76.0 cm³/mol. The summed E-state index contributed by atoms with van der Waals surface area (Å²) in [6, 6.07) is 5.69. The van der Waals surface area contributed by atoms with Gasteiger partial charge in [-0.15, -0.1) is 0 Å². The summed E-state index contributed by atoms with van der Waals surface area (Å²) in [6.07, 6.45) is 1.94. The van der Waals surface area contributed by atoms with Crippen LogP contribution in [0.2, 0.25) is 0 Å². The van der Waals surface area contributed by atoms with Gasteiger partial charge in [0, 0.05) is 18.3 Å². The van der Waals surface area contributed by atoms with Crippen LogP contribution < -0.4 is 15.4 Å². The van der Waals surface area contributed by atoms with Crippen molar-refractivity contribution in [3.05, 3.63) is 23.8 Å². The molecule has 20 heavy (non-hydrogen) atoms. The van der Waals surface area contributed by atoms with Gasteiger partial charge in [-0.05, 0) is 36.6 Å². The smallest absolute Gasteiger partial charge is 0.234 e. The molecule has 2 N–H and O–H groups in total. The Hall–Kier alpha value is -1.59. The Labute approximate surface area is 118 Å². The summed E-state index contributed by atoms with van der Waals surface area (Å²) in [7, 11) is 1.66. The molecule has 2 aliphatic heterocycles. The number of carbonyl (C=O) groups excluding carboxylic acids is 1. The van der Waals surface area contributed by atoms with E-state index in [2.05, 4.69) is 0 Å². The van der Waals surface area contributed by atoms with E-state index in [1.54, 1.807) is 7.11 Å². The average Bonchev–Trinajstić information content (AvgIpc) is 2.91. The van der Waals surface area contributed by atoms with E-state index in [0.717, 1.165) is 36.4 Å². The van der Waals surface area contributed by atoms with Crippen molar-refractivity contribution < 1.29 is 14.3 Å². The van der Waals surface area contributed by atoms with Crippen LogP contribution in [0.3, 0.4) is 0 Å². The van der Waals surface area contributed by atoms with Crippen molar-refractivity contribution in [2.24, 2.45) is 11.7 Å². The number of amides is 1. The molecule has 0 saturated carbocycles. The lowest BCUT2D eigenvalue weighted by atomic mass is 9.97. The highest BCUT2D eigenvalue weighted by molar-refractivity contribution is 5.97. The Bertz CT molecular complexity index is 518. The summed E-state index contributed by atoms with van der Waals surface area (Å²) in [5.74, 6) is 0.697. The molecule has 1 saturated heterocycles. The largest absolute Gasteiger partial charge is 0.497 e. The number of aryl methyl sites for hydroxylation is 1. The number of methoxy groups -OCH3 is 1. The van der Waals surface area contributed by atoms with Crippen molar-refractivity contribution in [1.82, 2.24) is 0 Å². The average molecular weight is 276 g/mol. The highest BCUT2D eigenvalue weighted by Crippen LogP contribution is 2.32. The van der Waals surface area contributed by atoms with Gasteiger partial charge < -0.3 is 20.1 Å². The Morgan fingerprint density at radius 1 is 1.45 bits per heavy atom. The standard InChI is InChI=1S/C15H20N2O3/c1-19-11-4-5-14-10(7-11)3-2-6-17(14)15(18)12-8-20-9-13(12)16/h4-5,7,12-13H,2-3,6,8-9,16H2,1H3. The van der Waals surface area contributed by atoms with Crippen molar-refractivity contribution in [3.63, 3.8) is 0 Å². The second kappa shape index (κ2) is 5.42. The Morgan fingerprint density at radius 2 is 2.30 bits per heavy atom. The summed E-state index contributed by atoms with van der Waals surface area (Å²) in [5, 5.41) is 0. The number of hydrogen-bond acceptors (Lipinski definition) is 4. The van der Waals surface area contributed by atoms with Crippen LogP contribution in [-0.2, 0) is 16.0 Å². The highest BCUT2D eigenvalue weighted by Gasteiger charge is 2.36. The molecule has 3 rings (SSSR count). The topological polar surface area (TPSA) is 64.8 Å². The summed E-state index contributed by atoms with van der Waals surface area (Å²) in [6.45, 7) is 1.66. The molecule has 0 aliphatic carbocycles. The normalized spacial score (nSPS) is 25.4. The molecule has 5 nitrogen and oxygen atoms in total. The number of anilines is 1. The number of ether oxygens (including phenoxy) is 2. The molecule has 2 atom stereocenters. The maximum absolute atomic E-state index is 12.7. The lowest BCUT2D eigenvalue weighted by molar-refractivity contribution is -0.122. The van der Waals surface area contributed by atoms with Gasteiger partial charge in [0.05, 0.1) is 26.2 Å². The molecule has 0 bridgehead atoms. The summed E-state index contributed by atoms with van der Waals surface area (Å²) in [4.78, 5) is 14.5. The van der Waals surface area contributed by atoms with Gasteiger partial charge in [0.2, 0.25) is 5.91 Å². The first-order valence-electron chi connectivity index (χ1n) is 7.02. The van der Waals surface area contributed by atoms with Crippen LogP contribution in [0.15, 0.2) is 18.2 Å². The zero-order valence-electron chi connectivity index (χ0n) is 11.7. The minimum Gasteiger partial charge on any atom is -0.497 e. The maximum atomic E-state index is 12.7. The van der Waals surface area contributed by atoms with E-state index >= 15 is 0 Å². The number of benzene rings is 1. The molecule has 1 aromatic rings. The molecule has 0 spiro atoms. The van der Waals surface area contributed by atoms with Gasteiger partial charge in [-0.3, -0.25) is 4.79 Å². The Kier molecular flexibility index (Phi) is 3.63. The van der Waals surface area contributed by atoms with Crippen molar-refractivity contribution in [2.45, 2.75) is 18.9 Å². The van der Waals surface area contributed by atoms with Crippen LogP contribution in [0.4, 0.5) is 5.69 Å². The maximum Gasteiger partial charge on any atom is 0.234 e. The van der Waals surface area contributed by atoms with E-state index in [1.165, 1.54) is 0 Å². The number of nitrogens with two attached hydrogens (primary N) is 1. The SMILES string of the molecule is COc1ccc2c(c1)CCCN2C(=O)C1COCC1N. The summed E-state index contributed by atoms with van der Waals surface area (Å²) in [5.41, 5.74) is 8.11.